The maximum Gasteiger partial charge on any atom is 0.250 e. The first-order chi connectivity index (χ1) is 8.50. The summed E-state index contributed by atoms with van der Waals surface area (Å²) in [6.07, 6.45) is 0.701. The van der Waals surface area contributed by atoms with Crippen molar-refractivity contribution in [3.05, 3.63) is 10.9 Å². The summed E-state index contributed by atoms with van der Waals surface area (Å²) in [7, 11) is 0. The molecule has 18 heavy (non-hydrogen) atoms. The molecule has 96 valence electrons. The Bertz CT molecular complexity index is 541. The summed E-state index contributed by atoms with van der Waals surface area (Å²) in [4.78, 5) is 28.7. The Balaban J connectivity index is 1.85. The third-order valence-electron chi connectivity index (χ3n) is 3.47. The van der Waals surface area contributed by atoms with E-state index in [1.54, 1.807) is 12.3 Å². The highest BCUT2D eigenvalue weighted by molar-refractivity contribution is 7.12. The second-order valence-corrected chi connectivity index (χ2v) is 5.52. The van der Waals surface area contributed by atoms with Crippen LogP contribution in [0.5, 0.6) is 10.8 Å². The Morgan fingerprint density at radius 3 is 3.00 bits per heavy atom. The maximum atomic E-state index is 12.0. The molecule has 2 amide bonds. The molecule has 2 aliphatic rings. The lowest BCUT2D eigenvalue weighted by molar-refractivity contribution is -0.169. The molecule has 1 fully saturated rings. The van der Waals surface area contributed by atoms with E-state index < -0.39 is 5.54 Å². The molecule has 0 saturated carbocycles. The van der Waals surface area contributed by atoms with E-state index in [2.05, 4.69) is 5.32 Å². The summed E-state index contributed by atoms with van der Waals surface area (Å²) in [5.41, 5.74) is -0.178. The number of fused-ring (bicyclic) bond motifs is 1. The molecule has 0 bridgehead atoms. The molecule has 1 aromatic rings. The number of nitrogens with one attached hydrogen (secondary N) is 1. The summed E-state index contributed by atoms with van der Waals surface area (Å²) >= 11 is 1.20. The minimum absolute atomic E-state index is 0.211. The fraction of sp³-hybridized carbons (Fsp3) is 0.455. The Morgan fingerprint density at radius 2 is 2.33 bits per heavy atom. The van der Waals surface area contributed by atoms with Crippen LogP contribution in [0.4, 0.5) is 0 Å². The molecule has 0 spiro atoms. The Hall–Kier alpha value is -1.60. The van der Waals surface area contributed by atoms with Crippen LogP contribution in [0.15, 0.2) is 5.38 Å². The van der Waals surface area contributed by atoms with Gasteiger partial charge in [-0.2, -0.15) is 0 Å². The quantitative estimate of drug-likeness (QED) is 0.735. The number of carbonyl (C=O) groups excluding carboxylic acids is 2. The Kier molecular flexibility index (Phi) is 2.36. The summed E-state index contributed by atoms with van der Waals surface area (Å²) in [6, 6.07) is 0. The second kappa shape index (κ2) is 3.69. The number of hydrogen-bond acceptors (Lipinski definition) is 6. The topological polar surface area (TPSA) is 78.9 Å². The SMILES string of the molecule is CC1(N2Cc3c(csc3O)O2)CCC(=O)NC1=O. The predicted molar refractivity (Wildman–Crippen MR) is 62.9 cm³/mol. The maximum absolute atomic E-state index is 12.0. The highest BCUT2D eigenvalue weighted by Gasteiger charge is 2.48. The number of amides is 2. The second-order valence-electron chi connectivity index (χ2n) is 4.66. The zero-order valence-corrected chi connectivity index (χ0v) is 10.5. The van der Waals surface area contributed by atoms with Crippen molar-refractivity contribution in [2.24, 2.45) is 0 Å². The molecule has 1 saturated heterocycles. The number of hydroxylamine groups is 2. The molecule has 3 rings (SSSR count). The van der Waals surface area contributed by atoms with Crippen molar-refractivity contribution in [2.45, 2.75) is 31.8 Å². The number of carbonyl (C=O) groups is 2. The van der Waals surface area contributed by atoms with Crippen molar-refractivity contribution in [1.29, 1.82) is 0 Å². The van der Waals surface area contributed by atoms with E-state index in [4.69, 9.17) is 4.84 Å². The summed E-state index contributed by atoms with van der Waals surface area (Å²) in [5, 5.41) is 15.4. The average molecular weight is 268 g/mol. The van der Waals surface area contributed by atoms with Gasteiger partial charge in [-0.1, -0.05) is 0 Å². The van der Waals surface area contributed by atoms with Gasteiger partial charge in [0.15, 0.2) is 10.8 Å². The predicted octanol–water partition coefficient (Wildman–Crippen LogP) is 0.758. The molecule has 2 aliphatic heterocycles. The normalized spacial score (nSPS) is 27.8. The molecule has 0 aliphatic carbocycles. The van der Waals surface area contributed by atoms with Gasteiger partial charge in [0.2, 0.25) is 11.8 Å². The third-order valence-corrected chi connectivity index (χ3v) is 4.28. The van der Waals surface area contributed by atoms with Crippen LogP contribution in [-0.2, 0) is 16.1 Å². The molecule has 1 atom stereocenters. The van der Waals surface area contributed by atoms with Crippen LogP contribution in [0.1, 0.15) is 25.3 Å². The van der Waals surface area contributed by atoms with Gasteiger partial charge in [0.25, 0.3) is 0 Å². The van der Waals surface area contributed by atoms with Gasteiger partial charge < -0.3 is 9.94 Å². The van der Waals surface area contributed by atoms with Crippen LogP contribution in [0.3, 0.4) is 0 Å². The molecule has 6 nitrogen and oxygen atoms in total. The summed E-state index contributed by atoms with van der Waals surface area (Å²) < 4.78 is 0. The van der Waals surface area contributed by atoms with Gasteiger partial charge in [-0.05, 0) is 13.3 Å². The monoisotopic (exact) mass is 268 g/mol. The molecular formula is C11H12N2O4S. The molecule has 0 aromatic carbocycles. The van der Waals surface area contributed by atoms with Crippen molar-refractivity contribution in [3.63, 3.8) is 0 Å². The van der Waals surface area contributed by atoms with Gasteiger partial charge in [-0.15, -0.1) is 16.4 Å². The van der Waals surface area contributed by atoms with Crippen LogP contribution in [0, 0.1) is 0 Å². The minimum Gasteiger partial charge on any atom is -0.499 e. The number of aromatic hydroxyl groups is 1. The van der Waals surface area contributed by atoms with Gasteiger partial charge in [0, 0.05) is 11.8 Å². The first-order valence-corrected chi connectivity index (χ1v) is 6.48. The van der Waals surface area contributed by atoms with Crippen molar-refractivity contribution >= 4 is 23.2 Å². The van der Waals surface area contributed by atoms with Gasteiger partial charge in [0.05, 0.1) is 12.1 Å². The number of thiophene rings is 1. The lowest BCUT2D eigenvalue weighted by Gasteiger charge is -2.37. The van der Waals surface area contributed by atoms with Crippen molar-refractivity contribution < 1.29 is 19.5 Å². The van der Waals surface area contributed by atoms with E-state index in [9.17, 15) is 14.7 Å². The standard InChI is InChI=1S/C11H12N2O4S/c1-11(3-2-8(14)12-10(11)16)13-4-6-7(17-13)5-18-9(6)15/h5,15H,2-4H2,1H3,(H,12,14,16). The number of imide groups is 1. The third kappa shape index (κ3) is 1.51. The van der Waals surface area contributed by atoms with Crippen LogP contribution >= 0.6 is 11.3 Å². The highest BCUT2D eigenvalue weighted by atomic mass is 32.1. The lowest BCUT2D eigenvalue weighted by atomic mass is 9.90. The van der Waals surface area contributed by atoms with Crippen molar-refractivity contribution in [2.75, 3.05) is 0 Å². The number of piperidine rings is 1. The molecule has 0 radical (unpaired) electrons. The first-order valence-electron chi connectivity index (χ1n) is 5.60. The summed E-state index contributed by atoms with van der Waals surface area (Å²) in [5.74, 6) is -0.0239. The highest BCUT2D eigenvalue weighted by Crippen LogP contribution is 2.43. The fourth-order valence-corrected chi connectivity index (χ4v) is 2.89. The first kappa shape index (κ1) is 11.5. The molecule has 3 heterocycles. The van der Waals surface area contributed by atoms with Crippen LogP contribution in [-0.4, -0.2) is 27.5 Å². The smallest absolute Gasteiger partial charge is 0.250 e. The zero-order valence-electron chi connectivity index (χ0n) is 9.73. The van der Waals surface area contributed by atoms with E-state index >= 15 is 0 Å². The van der Waals surface area contributed by atoms with Gasteiger partial charge in [-0.25, -0.2) is 0 Å². The number of nitrogens with zero attached hydrogens (tertiary/aromatic N) is 1. The van der Waals surface area contributed by atoms with Gasteiger partial charge in [-0.3, -0.25) is 14.9 Å². The van der Waals surface area contributed by atoms with E-state index in [1.807, 2.05) is 0 Å². The van der Waals surface area contributed by atoms with Crippen LogP contribution in [0.25, 0.3) is 0 Å². The van der Waals surface area contributed by atoms with Crippen LogP contribution in [0.2, 0.25) is 0 Å². The molecule has 1 aromatic heterocycles. The van der Waals surface area contributed by atoms with E-state index in [0.717, 1.165) is 0 Å². The average Bonchev–Trinajstić information content (AvgIpc) is 2.88. The fourth-order valence-electron chi connectivity index (χ4n) is 2.18. The lowest BCUT2D eigenvalue weighted by Crippen LogP contribution is -2.60. The summed E-state index contributed by atoms with van der Waals surface area (Å²) in [6.45, 7) is 2.09. The van der Waals surface area contributed by atoms with Crippen molar-refractivity contribution in [3.8, 4) is 10.8 Å². The molecular weight excluding hydrogens is 256 g/mol. The van der Waals surface area contributed by atoms with Gasteiger partial charge in [0.1, 0.15) is 5.54 Å². The molecule has 2 N–H and O–H groups in total. The number of hydrogen-bond donors (Lipinski definition) is 2. The van der Waals surface area contributed by atoms with E-state index in [-0.39, 0.29) is 16.9 Å². The van der Waals surface area contributed by atoms with Gasteiger partial charge >= 0.3 is 0 Å². The Morgan fingerprint density at radius 1 is 1.56 bits per heavy atom. The van der Waals surface area contributed by atoms with Crippen LogP contribution < -0.4 is 10.2 Å². The molecule has 7 heteroatoms. The molecule has 1 unspecified atom stereocenters. The zero-order chi connectivity index (χ0) is 12.9. The Labute approximate surface area is 107 Å². The van der Waals surface area contributed by atoms with E-state index in [0.29, 0.717) is 30.7 Å². The van der Waals surface area contributed by atoms with Crippen molar-refractivity contribution in [1.82, 2.24) is 10.4 Å². The largest absolute Gasteiger partial charge is 0.499 e. The van der Waals surface area contributed by atoms with E-state index in [1.165, 1.54) is 16.4 Å². The minimum atomic E-state index is -0.878. The number of rotatable bonds is 1.